The fourth-order valence-corrected chi connectivity index (χ4v) is 4.86. The van der Waals surface area contributed by atoms with Gasteiger partial charge in [-0.25, -0.2) is 4.98 Å². The van der Waals surface area contributed by atoms with Gasteiger partial charge in [0.1, 0.15) is 5.25 Å². The molecule has 0 radical (unpaired) electrons. The van der Waals surface area contributed by atoms with Gasteiger partial charge in [0.2, 0.25) is 0 Å². The average Bonchev–Trinajstić information content (AvgIpc) is 3.35. The lowest BCUT2D eigenvalue weighted by molar-refractivity contribution is -0.384. The summed E-state index contributed by atoms with van der Waals surface area (Å²) < 4.78 is 1.42. The number of aryl methyl sites for hydroxylation is 1. The van der Waals surface area contributed by atoms with E-state index in [-0.39, 0.29) is 22.9 Å². The van der Waals surface area contributed by atoms with Crippen LogP contribution < -0.4 is 0 Å². The number of hydrogen-bond acceptors (Lipinski definition) is 7. The van der Waals surface area contributed by atoms with E-state index in [4.69, 9.17) is 0 Å². The predicted molar refractivity (Wildman–Crippen MR) is 96.3 cm³/mol. The molecule has 1 aromatic carbocycles. The summed E-state index contributed by atoms with van der Waals surface area (Å²) in [6.07, 6.45) is 2.88. The lowest BCUT2D eigenvalue weighted by Crippen LogP contribution is -2.37. The molecule has 8 nitrogen and oxygen atoms in total. The van der Waals surface area contributed by atoms with Crippen molar-refractivity contribution in [3.63, 3.8) is 0 Å². The molecule has 1 fully saturated rings. The zero-order valence-corrected chi connectivity index (χ0v) is 15.2. The first-order valence-electron chi connectivity index (χ1n) is 8.73. The van der Waals surface area contributed by atoms with Crippen LogP contribution in [-0.2, 0) is 6.42 Å². The van der Waals surface area contributed by atoms with Gasteiger partial charge in [-0.1, -0.05) is 30.8 Å². The lowest BCUT2D eigenvalue weighted by Gasteiger charge is -2.30. The number of likely N-dealkylation sites (tertiary alicyclic amines) is 1. The Morgan fingerprint density at radius 1 is 1.31 bits per heavy atom. The van der Waals surface area contributed by atoms with Crippen LogP contribution in [0.4, 0.5) is 5.69 Å². The third-order valence-electron chi connectivity index (χ3n) is 4.89. The Bertz CT molecular complexity index is 845. The number of hydrogen-bond donors (Lipinski definition) is 0. The molecule has 1 saturated heterocycles. The second kappa shape index (κ2) is 6.81. The molecule has 2 aromatic rings. The van der Waals surface area contributed by atoms with Gasteiger partial charge in [0, 0.05) is 18.6 Å². The Kier molecular flexibility index (Phi) is 4.49. The van der Waals surface area contributed by atoms with Crippen LogP contribution in [0.2, 0.25) is 0 Å². The maximum Gasteiger partial charge on any atom is 0.269 e. The van der Waals surface area contributed by atoms with E-state index in [2.05, 4.69) is 15.0 Å². The number of carbonyl (C=O) groups is 1. The van der Waals surface area contributed by atoms with Crippen LogP contribution in [-0.4, -0.2) is 48.8 Å². The number of nitrogens with zero attached hydrogens (tertiary/aromatic N) is 5. The smallest absolute Gasteiger partial charge is 0.269 e. The Balaban J connectivity index is 1.67. The van der Waals surface area contributed by atoms with Crippen LogP contribution in [0.5, 0.6) is 0 Å². The zero-order valence-electron chi connectivity index (χ0n) is 14.4. The van der Waals surface area contributed by atoms with Crippen LogP contribution in [0.3, 0.4) is 0 Å². The van der Waals surface area contributed by atoms with Gasteiger partial charge < -0.3 is 0 Å². The standard InChI is InChI=1S/C17H19N5O3S/c1-2-13-18-17-21(19-13)16(23)15(26-17)14(20-9-3-4-10-20)11-5-7-12(8-6-11)22(24)25/h5-8,14-15H,2-4,9-10H2,1H3. The van der Waals surface area contributed by atoms with Crippen molar-refractivity contribution in [2.45, 2.75) is 42.6 Å². The van der Waals surface area contributed by atoms with Crippen LogP contribution in [0.1, 0.15) is 42.0 Å². The molecule has 2 aliphatic rings. The van der Waals surface area contributed by atoms with Crippen molar-refractivity contribution in [3.05, 3.63) is 45.8 Å². The van der Waals surface area contributed by atoms with Crippen LogP contribution >= 0.6 is 11.8 Å². The van der Waals surface area contributed by atoms with Gasteiger partial charge in [-0.05, 0) is 31.5 Å². The minimum atomic E-state index is -0.407. The summed E-state index contributed by atoms with van der Waals surface area (Å²) in [5.74, 6) is 0.611. The SMILES string of the molecule is CCc1nc2n(n1)C(=O)C(C(c1ccc([N+](=O)[O-])cc1)N1CCCC1)S2. The predicted octanol–water partition coefficient (Wildman–Crippen LogP) is 2.70. The summed E-state index contributed by atoms with van der Waals surface area (Å²) >= 11 is 1.45. The van der Waals surface area contributed by atoms with E-state index >= 15 is 0 Å². The van der Waals surface area contributed by atoms with E-state index in [0.717, 1.165) is 31.5 Å². The number of non-ortho nitro benzene ring substituents is 1. The normalized spacial score (nSPS) is 21.1. The first-order valence-corrected chi connectivity index (χ1v) is 9.61. The molecule has 136 valence electrons. The van der Waals surface area contributed by atoms with Crippen molar-refractivity contribution in [3.8, 4) is 0 Å². The van der Waals surface area contributed by atoms with E-state index in [0.29, 0.717) is 17.4 Å². The van der Waals surface area contributed by atoms with Gasteiger partial charge in [-0.3, -0.25) is 19.8 Å². The summed E-state index contributed by atoms with van der Waals surface area (Å²) in [4.78, 5) is 30.2. The van der Waals surface area contributed by atoms with Crippen molar-refractivity contribution in [2.24, 2.45) is 0 Å². The number of rotatable bonds is 5. The maximum absolute atomic E-state index is 13.0. The topological polar surface area (TPSA) is 94.2 Å². The van der Waals surface area contributed by atoms with Crippen LogP contribution in [0.15, 0.2) is 29.4 Å². The molecule has 0 aliphatic carbocycles. The van der Waals surface area contributed by atoms with Crippen molar-refractivity contribution in [2.75, 3.05) is 13.1 Å². The molecule has 0 saturated carbocycles. The van der Waals surface area contributed by atoms with Crippen molar-refractivity contribution in [1.82, 2.24) is 19.7 Å². The van der Waals surface area contributed by atoms with Gasteiger partial charge in [-0.2, -0.15) is 4.68 Å². The number of thioether (sulfide) groups is 1. The van der Waals surface area contributed by atoms with E-state index in [1.165, 1.54) is 28.6 Å². The Morgan fingerprint density at radius 2 is 2.00 bits per heavy atom. The molecule has 2 unspecified atom stereocenters. The highest BCUT2D eigenvalue weighted by Crippen LogP contribution is 2.42. The molecule has 3 heterocycles. The summed E-state index contributed by atoms with van der Waals surface area (Å²) in [5.41, 5.74) is 0.978. The molecule has 1 aromatic heterocycles. The maximum atomic E-state index is 13.0. The molecule has 0 amide bonds. The van der Waals surface area contributed by atoms with Crippen molar-refractivity contribution < 1.29 is 9.72 Å². The summed E-state index contributed by atoms with van der Waals surface area (Å²) in [7, 11) is 0. The van der Waals surface area contributed by atoms with Gasteiger partial charge in [0.05, 0.1) is 11.0 Å². The van der Waals surface area contributed by atoms with Gasteiger partial charge >= 0.3 is 0 Å². The molecule has 2 atom stereocenters. The molecule has 0 bridgehead atoms. The molecule has 26 heavy (non-hydrogen) atoms. The Morgan fingerprint density at radius 3 is 2.58 bits per heavy atom. The third kappa shape index (κ3) is 2.90. The molecular weight excluding hydrogens is 354 g/mol. The number of carbonyl (C=O) groups excluding carboxylic acids is 1. The monoisotopic (exact) mass is 373 g/mol. The molecule has 0 N–H and O–H groups in total. The lowest BCUT2D eigenvalue weighted by atomic mass is 10.0. The van der Waals surface area contributed by atoms with Gasteiger partial charge in [0.15, 0.2) is 11.0 Å². The van der Waals surface area contributed by atoms with Gasteiger partial charge in [-0.15, -0.1) is 5.10 Å². The Hall–Kier alpha value is -2.26. The minimum absolute atomic E-state index is 0.0569. The number of nitro groups is 1. The second-order valence-corrected chi connectivity index (χ2v) is 7.60. The highest BCUT2D eigenvalue weighted by Gasteiger charge is 2.43. The van der Waals surface area contributed by atoms with Crippen molar-refractivity contribution in [1.29, 1.82) is 0 Å². The number of nitro benzene ring substituents is 1. The van der Waals surface area contributed by atoms with E-state index in [1.807, 2.05) is 6.92 Å². The van der Waals surface area contributed by atoms with E-state index in [9.17, 15) is 14.9 Å². The largest absolute Gasteiger partial charge is 0.295 e. The zero-order chi connectivity index (χ0) is 18.3. The van der Waals surface area contributed by atoms with Crippen LogP contribution in [0.25, 0.3) is 0 Å². The second-order valence-electron chi connectivity index (χ2n) is 6.49. The number of aromatic nitrogens is 3. The molecular formula is C17H19N5O3S. The van der Waals surface area contributed by atoms with Gasteiger partial charge in [0.25, 0.3) is 11.6 Å². The first-order chi connectivity index (χ1) is 12.6. The first kappa shape index (κ1) is 17.2. The fourth-order valence-electron chi connectivity index (χ4n) is 3.58. The molecule has 4 rings (SSSR count). The fraction of sp³-hybridized carbons (Fsp3) is 0.471. The third-order valence-corrected chi connectivity index (χ3v) is 6.08. The molecule has 2 aliphatic heterocycles. The highest BCUT2D eigenvalue weighted by molar-refractivity contribution is 8.00. The average molecular weight is 373 g/mol. The van der Waals surface area contributed by atoms with E-state index in [1.54, 1.807) is 12.1 Å². The Labute approximate surface area is 154 Å². The molecule has 0 spiro atoms. The molecule has 9 heteroatoms. The van der Waals surface area contributed by atoms with E-state index < -0.39 is 4.92 Å². The van der Waals surface area contributed by atoms with Crippen LogP contribution in [0, 0.1) is 10.1 Å². The van der Waals surface area contributed by atoms with Crippen molar-refractivity contribution >= 4 is 23.4 Å². The number of fused-ring (bicyclic) bond motifs is 1. The highest BCUT2D eigenvalue weighted by atomic mass is 32.2. The quantitative estimate of drug-likeness (QED) is 0.587. The summed E-state index contributed by atoms with van der Waals surface area (Å²) in [6, 6.07) is 6.41. The summed E-state index contributed by atoms with van der Waals surface area (Å²) in [6.45, 7) is 3.80. The number of benzene rings is 1. The minimum Gasteiger partial charge on any atom is -0.295 e. The summed E-state index contributed by atoms with van der Waals surface area (Å²) in [5, 5.41) is 15.5.